The number of hydrogen-bond acceptors (Lipinski definition) is 4. The van der Waals surface area contributed by atoms with Crippen LogP contribution in [0.15, 0.2) is 47.8 Å². The first-order valence-electron chi connectivity index (χ1n) is 6.10. The molecule has 1 heterocycles. The van der Waals surface area contributed by atoms with Gasteiger partial charge in [0, 0.05) is 25.4 Å². The van der Waals surface area contributed by atoms with Gasteiger partial charge in [0.15, 0.2) is 0 Å². The Labute approximate surface area is 113 Å². The molecule has 2 rings (SSSR count). The molecule has 0 fully saturated rings. The van der Waals surface area contributed by atoms with E-state index in [-0.39, 0.29) is 0 Å². The normalized spacial score (nSPS) is 10.8. The van der Waals surface area contributed by atoms with Crippen molar-refractivity contribution >= 4 is 12.0 Å². The Morgan fingerprint density at radius 2 is 2.05 bits per heavy atom. The van der Waals surface area contributed by atoms with Gasteiger partial charge in [-0.2, -0.15) is 0 Å². The predicted molar refractivity (Wildman–Crippen MR) is 76.9 cm³/mol. The summed E-state index contributed by atoms with van der Waals surface area (Å²) in [7, 11) is 2.02. The van der Waals surface area contributed by atoms with Gasteiger partial charge >= 0.3 is 0 Å². The summed E-state index contributed by atoms with van der Waals surface area (Å²) in [5, 5.41) is 11.5. The summed E-state index contributed by atoms with van der Waals surface area (Å²) in [5.41, 5.74) is 3.08. The zero-order valence-corrected chi connectivity index (χ0v) is 11.1. The number of aromatic nitrogens is 1. The van der Waals surface area contributed by atoms with E-state index < -0.39 is 0 Å². The zero-order chi connectivity index (χ0) is 13.7. The van der Waals surface area contributed by atoms with E-state index in [1.54, 1.807) is 6.20 Å². The highest BCUT2D eigenvalue weighted by molar-refractivity contribution is 5.79. The number of benzene rings is 1. The van der Waals surface area contributed by atoms with E-state index >= 15 is 0 Å². The molecule has 0 amide bonds. The first-order chi connectivity index (χ1) is 9.20. The van der Waals surface area contributed by atoms with Crippen LogP contribution in [0.2, 0.25) is 0 Å². The number of aryl methyl sites for hydroxylation is 1. The van der Waals surface area contributed by atoms with E-state index in [4.69, 9.17) is 5.21 Å². The van der Waals surface area contributed by atoms with Crippen molar-refractivity contribution in [1.82, 2.24) is 4.98 Å². The molecule has 0 saturated carbocycles. The van der Waals surface area contributed by atoms with E-state index in [0.29, 0.717) is 0 Å². The summed E-state index contributed by atoms with van der Waals surface area (Å²) in [4.78, 5) is 6.52. The molecule has 0 aliphatic heterocycles. The maximum absolute atomic E-state index is 8.52. The van der Waals surface area contributed by atoms with Crippen LogP contribution in [0.3, 0.4) is 0 Å². The molecule has 98 valence electrons. The second kappa shape index (κ2) is 6.00. The van der Waals surface area contributed by atoms with Crippen LogP contribution in [0.1, 0.15) is 16.7 Å². The van der Waals surface area contributed by atoms with E-state index in [2.05, 4.69) is 27.2 Å². The Bertz CT molecular complexity index is 567. The summed E-state index contributed by atoms with van der Waals surface area (Å²) < 4.78 is 0. The molecule has 2 aromatic rings. The molecule has 0 atom stereocenters. The standard InChI is InChI=1S/C15H17N3O/c1-12-8-14(10-17-19)9-16-15(12)18(2)11-13-6-4-3-5-7-13/h3-10,19H,11H2,1-2H3/b17-10-. The fourth-order valence-corrected chi connectivity index (χ4v) is 2.06. The molecule has 4 heteroatoms. The summed E-state index contributed by atoms with van der Waals surface area (Å²) in [6.07, 6.45) is 3.07. The third kappa shape index (κ3) is 3.31. The van der Waals surface area contributed by atoms with Gasteiger partial charge in [0.2, 0.25) is 0 Å². The van der Waals surface area contributed by atoms with E-state index in [9.17, 15) is 0 Å². The van der Waals surface area contributed by atoms with Crippen molar-refractivity contribution in [1.29, 1.82) is 0 Å². The van der Waals surface area contributed by atoms with Crippen LogP contribution in [0, 0.1) is 6.92 Å². The van der Waals surface area contributed by atoms with E-state index in [1.165, 1.54) is 11.8 Å². The molecule has 0 radical (unpaired) electrons. The van der Waals surface area contributed by atoms with Crippen LogP contribution in [0.25, 0.3) is 0 Å². The fourth-order valence-electron chi connectivity index (χ4n) is 2.06. The lowest BCUT2D eigenvalue weighted by atomic mass is 10.2. The van der Waals surface area contributed by atoms with Gasteiger partial charge in [-0.15, -0.1) is 0 Å². The van der Waals surface area contributed by atoms with Crippen molar-refractivity contribution in [2.45, 2.75) is 13.5 Å². The maximum atomic E-state index is 8.52. The highest BCUT2D eigenvalue weighted by Crippen LogP contribution is 2.18. The minimum atomic E-state index is 0.789. The lowest BCUT2D eigenvalue weighted by molar-refractivity contribution is 0.322. The third-order valence-electron chi connectivity index (χ3n) is 2.90. The molecular formula is C15H17N3O. The van der Waals surface area contributed by atoms with E-state index in [1.807, 2.05) is 38.2 Å². The first-order valence-corrected chi connectivity index (χ1v) is 6.10. The SMILES string of the molecule is Cc1cc(/C=N\O)cnc1N(C)Cc1ccccc1. The van der Waals surface area contributed by atoms with Crippen LogP contribution < -0.4 is 4.90 Å². The van der Waals surface area contributed by atoms with Gasteiger partial charge in [-0.3, -0.25) is 0 Å². The van der Waals surface area contributed by atoms with E-state index in [0.717, 1.165) is 23.5 Å². The summed E-state index contributed by atoms with van der Waals surface area (Å²) in [6.45, 7) is 2.81. The highest BCUT2D eigenvalue weighted by Gasteiger charge is 2.07. The lowest BCUT2D eigenvalue weighted by Crippen LogP contribution is -2.18. The highest BCUT2D eigenvalue weighted by atomic mass is 16.4. The average molecular weight is 255 g/mol. The lowest BCUT2D eigenvalue weighted by Gasteiger charge is -2.20. The number of nitrogens with zero attached hydrogens (tertiary/aromatic N) is 3. The molecule has 4 nitrogen and oxygen atoms in total. The Kier molecular flexibility index (Phi) is 4.13. The molecule has 0 unspecified atom stereocenters. The molecule has 19 heavy (non-hydrogen) atoms. The minimum Gasteiger partial charge on any atom is -0.411 e. The second-order valence-corrected chi connectivity index (χ2v) is 4.50. The van der Waals surface area contributed by atoms with Gasteiger partial charge in [-0.05, 0) is 24.1 Å². The molecule has 1 aromatic heterocycles. The number of oxime groups is 1. The zero-order valence-electron chi connectivity index (χ0n) is 11.1. The van der Waals surface area contributed by atoms with Crippen LogP contribution in [-0.2, 0) is 6.54 Å². The van der Waals surface area contributed by atoms with Gasteiger partial charge in [-0.25, -0.2) is 4.98 Å². The first kappa shape index (κ1) is 13.1. The molecule has 1 N–H and O–H groups in total. The van der Waals surface area contributed by atoms with Crippen molar-refractivity contribution in [2.75, 3.05) is 11.9 Å². The average Bonchev–Trinajstić information content (AvgIpc) is 2.40. The van der Waals surface area contributed by atoms with Crippen molar-refractivity contribution in [3.8, 4) is 0 Å². The smallest absolute Gasteiger partial charge is 0.131 e. The van der Waals surface area contributed by atoms with Crippen molar-refractivity contribution in [3.63, 3.8) is 0 Å². The molecule has 1 aromatic carbocycles. The summed E-state index contributed by atoms with van der Waals surface area (Å²) >= 11 is 0. The summed E-state index contributed by atoms with van der Waals surface area (Å²) in [5.74, 6) is 0.930. The van der Waals surface area contributed by atoms with Gasteiger partial charge in [0.05, 0.1) is 6.21 Å². The molecule has 0 saturated heterocycles. The molecule has 0 spiro atoms. The van der Waals surface area contributed by atoms with Crippen molar-refractivity contribution < 1.29 is 5.21 Å². The van der Waals surface area contributed by atoms with Crippen molar-refractivity contribution in [2.24, 2.45) is 5.16 Å². The maximum Gasteiger partial charge on any atom is 0.131 e. The van der Waals surface area contributed by atoms with Gasteiger partial charge < -0.3 is 10.1 Å². The van der Waals surface area contributed by atoms with Gasteiger partial charge in [0.25, 0.3) is 0 Å². The van der Waals surface area contributed by atoms with Crippen LogP contribution in [0.5, 0.6) is 0 Å². The second-order valence-electron chi connectivity index (χ2n) is 4.50. The molecule has 0 bridgehead atoms. The van der Waals surface area contributed by atoms with Crippen LogP contribution in [0.4, 0.5) is 5.82 Å². The minimum absolute atomic E-state index is 0.789. The Hall–Kier alpha value is -2.36. The quantitative estimate of drug-likeness (QED) is 0.519. The van der Waals surface area contributed by atoms with Crippen molar-refractivity contribution in [3.05, 3.63) is 59.3 Å². The number of rotatable bonds is 4. The number of pyridine rings is 1. The predicted octanol–water partition coefficient (Wildman–Crippen LogP) is 2.83. The fraction of sp³-hybridized carbons (Fsp3) is 0.200. The Morgan fingerprint density at radius 1 is 1.32 bits per heavy atom. The molecule has 0 aliphatic rings. The molecular weight excluding hydrogens is 238 g/mol. The van der Waals surface area contributed by atoms with Gasteiger partial charge in [-0.1, -0.05) is 35.5 Å². The Balaban J connectivity index is 2.17. The molecule has 0 aliphatic carbocycles. The van der Waals surface area contributed by atoms with Gasteiger partial charge in [0.1, 0.15) is 5.82 Å². The number of hydrogen-bond donors (Lipinski definition) is 1. The third-order valence-corrected chi connectivity index (χ3v) is 2.90. The van der Waals surface area contributed by atoms with Crippen LogP contribution in [-0.4, -0.2) is 23.5 Å². The monoisotopic (exact) mass is 255 g/mol. The number of anilines is 1. The topological polar surface area (TPSA) is 48.7 Å². The van der Waals surface area contributed by atoms with Crippen LogP contribution >= 0.6 is 0 Å². The largest absolute Gasteiger partial charge is 0.411 e. The summed E-state index contributed by atoms with van der Waals surface area (Å²) in [6, 6.07) is 12.2. The Morgan fingerprint density at radius 3 is 2.68 bits per heavy atom.